The van der Waals surface area contributed by atoms with E-state index >= 15 is 0 Å². The maximum atomic E-state index is 12.3. The third-order valence-corrected chi connectivity index (χ3v) is 3.16. The fourth-order valence-corrected chi connectivity index (χ4v) is 2.16. The van der Waals surface area contributed by atoms with Gasteiger partial charge >= 0.3 is 5.97 Å². The van der Waals surface area contributed by atoms with E-state index in [0.717, 1.165) is 0 Å². The van der Waals surface area contributed by atoms with E-state index in [1.165, 1.54) is 0 Å². The van der Waals surface area contributed by atoms with Gasteiger partial charge in [0.25, 0.3) is 5.91 Å². The molecule has 7 nitrogen and oxygen atoms in total. The molecular formula is C14H18N4O3. The minimum Gasteiger partial charge on any atom is -0.462 e. The second kappa shape index (κ2) is 5.82. The lowest BCUT2D eigenvalue weighted by molar-refractivity contribution is 0.0527. The monoisotopic (exact) mass is 290 g/mol. The highest BCUT2D eigenvalue weighted by molar-refractivity contribution is 6.09. The molecule has 0 fully saturated rings. The zero-order valence-corrected chi connectivity index (χ0v) is 12.5. The SMILES string of the molecule is CCOC(=O)c1c(NC(=O)c2c(C)n[nH]c2C)c[nH]c1C. The van der Waals surface area contributed by atoms with Crippen LogP contribution in [0.15, 0.2) is 6.20 Å². The van der Waals surface area contributed by atoms with E-state index in [9.17, 15) is 9.59 Å². The van der Waals surface area contributed by atoms with Crippen LogP contribution in [0.25, 0.3) is 0 Å². The van der Waals surface area contributed by atoms with E-state index in [1.807, 2.05) is 0 Å². The first kappa shape index (κ1) is 14.8. The van der Waals surface area contributed by atoms with Gasteiger partial charge in [0.1, 0.15) is 5.56 Å². The van der Waals surface area contributed by atoms with Crippen LogP contribution >= 0.6 is 0 Å². The Labute approximate surface area is 122 Å². The van der Waals surface area contributed by atoms with Gasteiger partial charge < -0.3 is 15.0 Å². The van der Waals surface area contributed by atoms with Crippen LogP contribution in [0.5, 0.6) is 0 Å². The summed E-state index contributed by atoms with van der Waals surface area (Å²) in [4.78, 5) is 27.2. The summed E-state index contributed by atoms with van der Waals surface area (Å²) in [6.45, 7) is 7.26. The number of esters is 1. The second-order valence-corrected chi connectivity index (χ2v) is 4.69. The Morgan fingerprint density at radius 1 is 1.24 bits per heavy atom. The van der Waals surface area contributed by atoms with E-state index < -0.39 is 5.97 Å². The molecule has 0 bridgehead atoms. The molecule has 2 aromatic heterocycles. The quantitative estimate of drug-likeness (QED) is 0.751. The molecule has 0 saturated heterocycles. The Bertz CT molecular complexity index is 665. The molecule has 0 spiro atoms. The molecule has 0 unspecified atom stereocenters. The molecule has 0 saturated carbocycles. The first-order valence-corrected chi connectivity index (χ1v) is 6.63. The van der Waals surface area contributed by atoms with Crippen molar-refractivity contribution in [3.8, 4) is 0 Å². The van der Waals surface area contributed by atoms with Crippen LogP contribution in [0.3, 0.4) is 0 Å². The minimum absolute atomic E-state index is 0.275. The van der Waals surface area contributed by atoms with Gasteiger partial charge in [-0.1, -0.05) is 0 Å². The summed E-state index contributed by atoms with van der Waals surface area (Å²) in [6, 6.07) is 0. The number of carbonyl (C=O) groups excluding carboxylic acids is 2. The normalized spacial score (nSPS) is 10.5. The van der Waals surface area contributed by atoms with Crippen molar-refractivity contribution in [3.63, 3.8) is 0 Å². The number of hydrogen-bond acceptors (Lipinski definition) is 4. The molecule has 0 aliphatic carbocycles. The van der Waals surface area contributed by atoms with Crippen LogP contribution < -0.4 is 5.32 Å². The van der Waals surface area contributed by atoms with Gasteiger partial charge in [-0.25, -0.2) is 4.79 Å². The Morgan fingerprint density at radius 2 is 1.95 bits per heavy atom. The number of aryl methyl sites for hydroxylation is 3. The summed E-state index contributed by atoms with van der Waals surface area (Å²) in [5.74, 6) is -0.782. The number of nitrogens with zero attached hydrogens (tertiary/aromatic N) is 1. The van der Waals surface area contributed by atoms with E-state index in [4.69, 9.17) is 4.74 Å². The highest BCUT2D eigenvalue weighted by Crippen LogP contribution is 2.22. The van der Waals surface area contributed by atoms with E-state index in [-0.39, 0.29) is 12.5 Å². The lowest BCUT2D eigenvalue weighted by Crippen LogP contribution is -2.16. The number of rotatable bonds is 4. The van der Waals surface area contributed by atoms with Crippen LogP contribution in [0.2, 0.25) is 0 Å². The van der Waals surface area contributed by atoms with Gasteiger partial charge in [0.05, 0.1) is 23.6 Å². The molecule has 1 amide bonds. The molecule has 2 aromatic rings. The zero-order valence-electron chi connectivity index (χ0n) is 12.5. The number of aromatic nitrogens is 3. The van der Waals surface area contributed by atoms with Crippen LogP contribution in [0.1, 0.15) is 44.7 Å². The van der Waals surface area contributed by atoms with Gasteiger partial charge in [0.2, 0.25) is 0 Å². The van der Waals surface area contributed by atoms with Gasteiger partial charge in [0, 0.05) is 17.6 Å². The topological polar surface area (TPSA) is 99.9 Å². The summed E-state index contributed by atoms with van der Waals surface area (Å²) in [5, 5.41) is 9.47. The number of anilines is 1. The van der Waals surface area contributed by atoms with Crippen LogP contribution in [0, 0.1) is 20.8 Å². The molecule has 7 heteroatoms. The average Bonchev–Trinajstić information content (AvgIpc) is 2.93. The smallest absolute Gasteiger partial charge is 0.342 e. The third kappa shape index (κ3) is 2.81. The Kier molecular flexibility index (Phi) is 4.11. The summed E-state index contributed by atoms with van der Waals surface area (Å²) >= 11 is 0. The Morgan fingerprint density at radius 3 is 2.52 bits per heavy atom. The first-order chi connectivity index (χ1) is 9.95. The summed E-state index contributed by atoms with van der Waals surface area (Å²) < 4.78 is 5.00. The van der Waals surface area contributed by atoms with Gasteiger partial charge in [-0.05, 0) is 27.7 Å². The van der Waals surface area contributed by atoms with Gasteiger partial charge in [-0.15, -0.1) is 0 Å². The van der Waals surface area contributed by atoms with Crippen molar-refractivity contribution in [2.24, 2.45) is 0 Å². The number of aromatic amines is 2. The van der Waals surface area contributed by atoms with E-state index in [0.29, 0.717) is 33.9 Å². The van der Waals surface area contributed by atoms with Gasteiger partial charge in [-0.2, -0.15) is 5.10 Å². The second-order valence-electron chi connectivity index (χ2n) is 4.69. The van der Waals surface area contributed by atoms with E-state index in [2.05, 4.69) is 20.5 Å². The molecule has 21 heavy (non-hydrogen) atoms. The molecule has 0 atom stereocenters. The predicted molar refractivity (Wildman–Crippen MR) is 77.5 cm³/mol. The lowest BCUT2D eigenvalue weighted by atomic mass is 10.1. The summed E-state index contributed by atoms with van der Waals surface area (Å²) in [6.07, 6.45) is 1.57. The van der Waals surface area contributed by atoms with Gasteiger partial charge in [-0.3, -0.25) is 9.89 Å². The first-order valence-electron chi connectivity index (χ1n) is 6.63. The van der Waals surface area contributed by atoms with Crippen molar-refractivity contribution in [3.05, 3.63) is 34.4 Å². The van der Waals surface area contributed by atoms with E-state index in [1.54, 1.807) is 33.9 Å². The fraction of sp³-hybridized carbons (Fsp3) is 0.357. The number of nitrogens with one attached hydrogen (secondary N) is 3. The minimum atomic E-state index is -0.466. The maximum absolute atomic E-state index is 12.3. The Hall–Kier alpha value is -2.57. The Balaban J connectivity index is 2.29. The summed E-state index contributed by atoms with van der Waals surface area (Å²) in [7, 11) is 0. The highest BCUT2D eigenvalue weighted by atomic mass is 16.5. The predicted octanol–water partition coefficient (Wildman–Crippen LogP) is 2.09. The number of amides is 1. The molecular weight excluding hydrogens is 272 g/mol. The molecule has 0 aliphatic rings. The molecule has 112 valence electrons. The van der Waals surface area contributed by atoms with Crippen LogP contribution in [-0.4, -0.2) is 33.7 Å². The highest BCUT2D eigenvalue weighted by Gasteiger charge is 2.21. The van der Waals surface area contributed by atoms with Gasteiger partial charge in [0.15, 0.2) is 0 Å². The number of ether oxygens (including phenoxy) is 1. The average molecular weight is 290 g/mol. The lowest BCUT2D eigenvalue weighted by Gasteiger charge is -2.07. The molecule has 0 radical (unpaired) electrons. The molecule has 0 aliphatic heterocycles. The van der Waals surface area contributed by atoms with Crippen molar-refractivity contribution < 1.29 is 14.3 Å². The van der Waals surface area contributed by atoms with Crippen molar-refractivity contribution in [2.75, 3.05) is 11.9 Å². The molecule has 3 N–H and O–H groups in total. The molecule has 2 rings (SSSR count). The summed E-state index contributed by atoms with van der Waals surface area (Å²) in [5.41, 5.74) is 3.14. The van der Waals surface area contributed by atoms with Crippen LogP contribution in [-0.2, 0) is 4.74 Å². The van der Waals surface area contributed by atoms with Crippen molar-refractivity contribution in [1.29, 1.82) is 0 Å². The zero-order chi connectivity index (χ0) is 15.6. The van der Waals surface area contributed by atoms with Crippen LogP contribution in [0.4, 0.5) is 5.69 Å². The standard InChI is InChI=1S/C14H18N4O3/c1-5-21-14(20)12-7(2)15-6-10(12)16-13(19)11-8(3)17-18-9(11)4/h6,15H,5H2,1-4H3,(H,16,19)(H,17,18). The maximum Gasteiger partial charge on any atom is 0.342 e. The number of carbonyl (C=O) groups is 2. The number of hydrogen-bond donors (Lipinski definition) is 3. The van der Waals surface area contributed by atoms with Crippen molar-refractivity contribution >= 4 is 17.6 Å². The largest absolute Gasteiger partial charge is 0.462 e. The third-order valence-electron chi connectivity index (χ3n) is 3.16. The van der Waals surface area contributed by atoms with Crippen molar-refractivity contribution in [2.45, 2.75) is 27.7 Å². The molecule has 0 aromatic carbocycles. The molecule has 2 heterocycles. The number of H-pyrrole nitrogens is 2. The fourth-order valence-electron chi connectivity index (χ4n) is 2.16. The van der Waals surface area contributed by atoms with Crippen molar-refractivity contribution in [1.82, 2.24) is 15.2 Å².